The molecule has 0 bridgehead atoms. The van der Waals surface area contributed by atoms with Gasteiger partial charge in [-0.25, -0.2) is 9.97 Å². The first-order chi connectivity index (χ1) is 24.8. The Morgan fingerprint density at radius 1 is 0.400 bits per heavy atom. The van der Waals surface area contributed by atoms with Crippen molar-refractivity contribution in [2.45, 2.75) is 0 Å². The van der Waals surface area contributed by atoms with Crippen molar-refractivity contribution in [3.8, 4) is 28.3 Å². The third-order valence-corrected chi connectivity index (χ3v) is 11.3. The maximum Gasteiger partial charge on any atom is 0.160 e. The summed E-state index contributed by atoms with van der Waals surface area (Å²) in [7, 11) is 0. The van der Waals surface area contributed by atoms with Crippen molar-refractivity contribution in [2.24, 2.45) is 0 Å². The lowest BCUT2D eigenvalue weighted by Gasteiger charge is -2.14. The largest absolute Gasteiger partial charge is 0.309 e. The number of rotatable bonds is 3. The minimum atomic E-state index is 0.733. The fourth-order valence-electron chi connectivity index (χ4n) is 8.03. The summed E-state index contributed by atoms with van der Waals surface area (Å²) in [6, 6.07) is 58.8. The van der Waals surface area contributed by atoms with Crippen LogP contribution in [0.2, 0.25) is 0 Å². The van der Waals surface area contributed by atoms with Crippen LogP contribution in [0.15, 0.2) is 164 Å². The van der Waals surface area contributed by atoms with E-state index in [9.17, 15) is 0 Å². The van der Waals surface area contributed by atoms with E-state index in [1.165, 1.54) is 63.5 Å². The molecule has 0 saturated heterocycles. The normalized spacial score (nSPS) is 12.0. The molecule has 0 atom stereocenters. The van der Waals surface area contributed by atoms with Gasteiger partial charge in [0.1, 0.15) is 0 Å². The second-order valence-electron chi connectivity index (χ2n) is 12.9. The summed E-state index contributed by atoms with van der Waals surface area (Å²) in [5.41, 5.74) is 7.50. The Labute approximate surface area is 291 Å². The number of hydrogen-bond acceptors (Lipinski definition) is 3. The highest BCUT2D eigenvalue weighted by Gasteiger charge is 2.21. The second kappa shape index (κ2) is 10.6. The van der Waals surface area contributed by atoms with Crippen LogP contribution in [0.5, 0.6) is 0 Å². The van der Waals surface area contributed by atoms with E-state index in [0.717, 1.165) is 39.2 Å². The SMILES string of the molecule is c1ccc(-c2nc(-c3ccc(-n4c5ccccc5c5c6ccccc6c6c(ccc7sc8ccccc8c76)c54)cc3)c3ccccc3n2)cc1. The van der Waals surface area contributed by atoms with Crippen molar-refractivity contribution in [2.75, 3.05) is 0 Å². The molecule has 0 fully saturated rings. The van der Waals surface area contributed by atoms with E-state index in [2.05, 4.69) is 144 Å². The lowest BCUT2D eigenvalue weighted by atomic mass is 9.94. The van der Waals surface area contributed by atoms with Crippen LogP contribution in [0.3, 0.4) is 0 Å². The van der Waals surface area contributed by atoms with E-state index in [0.29, 0.717) is 0 Å². The molecule has 0 aliphatic heterocycles. The molecule has 3 heterocycles. The van der Waals surface area contributed by atoms with Crippen LogP contribution in [0.1, 0.15) is 0 Å². The van der Waals surface area contributed by atoms with Gasteiger partial charge in [0.25, 0.3) is 0 Å². The third-order valence-electron chi connectivity index (χ3n) is 10.2. The van der Waals surface area contributed by atoms with Gasteiger partial charge in [-0.05, 0) is 47.2 Å². The minimum Gasteiger partial charge on any atom is -0.309 e. The van der Waals surface area contributed by atoms with E-state index < -0.39 is 0 Å². The summed E-state index contributed by atoms with van der Waals surface area (Å²) < 4.78 is 5.11. The number of hydrogen-bond donors (Lipinski definition) is 0. The molecule has 0 aliphatic rings. The highest BCUT2D eigenvalue weighted by molar-refractivity contribution is 7.26. The predicted octanol–water partition coefficient (Wildman–Crippen LogP) is 12.7. The molecule has 232 valence electrons. The minimum absolute atomic E-state index is 0.733. The van der Waals surface area contributed by atoms with Crippen molar-refractivity contribution in [3.63, 3.8) is 0 Å². The molecule has 50 heavy (non-hydrogen) atoms. The van der Waals surface area contributed by atoms with Crippen molar-refractivity contribution in [3.05, 3.63) is 164 Å². The van der Waals surface area contributed by atoms with Crippen LogP contribution in [-0.2, 0) is 0 Å². The molecule has 0 unspecified atom stereocenters. The number of para-hydroxylation sites is 2. The van der Waals surface area contributed by atoms with E-state index in [4.69, 9.17) is 9.97 Å². The molecule has 0 aliphatic carbocycles. The first kappa shape index (κ1) is 27.6. The average molecular weight is 654 g/mol. The number of benzene rings is 8. The van der Waals surface area contributed by atoms with Crippen molar-refractivity contribution < 1.29 is 0 Å². The molecule has 11 rings (SSSR count). The summed E-state index contributed by atoms with van der Waals surface area (Å²) in [6.45, 7) is 0. The number of nitrogens with zero attached hydrogens (tertiary/aromatic N) is 3. The zero-order chi connectivity index (χ0) is 32.8. The molecule has 0 N–H and O–H groups in total. The molecule has 0 radical (unpaired) electrons. The van der Waals surface area contributed by atoms with Gasteiger partial charge in [-0.15, -0.1) is 11.3 Å². The fourth-order valence-corrected chi connectivity index (χ4v) is 9.14. The van der Waals surface area contributed by atoms with E-state index in [-0.39, 0.29) is 0 Å². The van der Waals surface area contributed by atoms with Crippen LogP contribution in [0.4, 0.5) is 0 Å². The van der Waals surface area contributed by atoms with Gasteiger partial charge in [0, 0.05) is 63.9 Å². The maximum atomic E-state index is 5.14. The van der Waals surface area contributed by atoms with Crippen LogP contribution in [0.25, 0.3) is 103 Å². The van der Waals surface area contributed by atoms with Gasteiger partial charge in [-0.1, -0.05) is 127 Å². The number of aromatic nitrogens is 3. The van der Waals surface area contributed by atoms with E-state index in [1.54, 1.807) is 0 Å². The first-order valence-corrected chi connectivity index (χ1v) is 17.7. The molecular weight excluding hydrogens is 627 g/mol. The molecule has 3 aromatic heterocycles. The van der Waals surface area contributed by atoms with Gasteiger partial charge < -0.3 is 4.57 Å². The van der Waals surface area contributed by atoms with Crippen LogP contribution >= 0.6 is 11.3 Å². The van der Waals surface area contributed by atoms with Gasteiger partial charge in [0.15, 0.2) is 5.82 Å². The van der Waals surface area contributed by atoms with Gasteiger partial charge in [-0.3, -0.25) is 0 Å². The smallest absolute Gasteiger partial charge is 0.160 e. The summed E-state index contributed by atoms with van der Waals surface area (Å²) in [5.74, 6) is 0.733. The monoisotopic (exact) mass is 653 g/mol. The molecular formula is C46H27N3S. The van der Waals surface area contributed by atoms with Gasteiger partial charge in [0.05, 0.1) is 22.2 Å². The zero-order valence-electron chi connectivity index (χ0n) is 26.8. The molecule has 8 aromatic carbocycles. The van der Waals surface area contributed by atoms with E-state index in [1.807, 2.05) is 35.6 Å². The zero-order valence-corrected chi connectivity index (χ0v) is 27.7. The Hall–Kier alpha value is -6.36. The van der Waals surface area contributed by atoms with E-state index >= 15 is 0 Å². The molecule has 4 heteroatoms. The average Bonchev–Trinajstić information content (AvgIpc) is 3.74. The highest BCUT2D eigenvalue weighted by Crippen LogP contribution is 2.47. The Bertz CT molecular complexity index is 3140. The predicted molar refractivity (Wildman–Crippen MR) is 213 cm³/mol. The molecule has 0 spiro atoms. The maximum absolute atomic E-state index is 5.14. The molecule has 3 nitrogen and oxygen atoms in total. The lowest BCUT2D eigenvalue weighted by Crippen LogP contribution is -1.97. The number of thiophene rings is 1. The summed E-state index contributed by atoms with van der Waals surface area (Å²) in [6.07, 6.45) is 0. The van der Waals surface area contributed by atoms with Crippen molar-refractivity contribution in [1.29, 1.82) is 0 Å². The van der Waals surface area contributed by atoms with Crippen LogP contribution < -0.4 is 0 Å². The summed E-state index contributed by atoms with van der Waals surface area (Å²) in [5, 5.41) is 11.4. The Morgan fingerprint density at radius 3 is 1.88 bits per heavy atom. The quantitative estimate of drug-likeness (QED) is 0.178. The topological polar surface area (TPSA) is 30.7 Å². The third kappa shape index (κ3) is 3.91. The summed E-state index contributed by atoms with van der Waals surface area (Å²) >= 11 is 1.88. The molecule has 0 saturated carbocycles. The number of fused-ring (bicyclic) bond motifs is 13. The standard InChI is InChI=1S/C46H27N3S/c1-2-12-29(13-3-1)46-47-37-19-9-6-16-33(37)44(48-46)28-22-24-30(25-23-28)49-38-20-10-7-17-34(38)42-32-15-5-4-14-31(32)41-36(45(42)49)26-27-40-43(41)35-18-8-11-21-39(35)50-40/h1-27H. The Morgan fingerprint density at radius 2 is 1.06 bits per heavy atom. The van der Waals surface area contributed by atoms with Gasteiger partial charge in [0.2, 0.25) is 0 Å². The van der Waals surface area contributed by atoms with Gasteiger partial charge >= 0.3 is 0 Å². The molecule has 0 amide bonds. The lowest BCUT2D eigenvalue weighted by molar-refractivity contribution is 1.18. The van der Waals surface area contributed by atoms with Crippen molar-refractivity contribution >= 4 is 85.8 Å². The van der Waals surface area contributed by atoms with Gasteiger partial charge in [-0.2, -0.15) is 0 Å². The van der Waals surface area contributed by atoms with Crippen molar-refractivity contribution in [1.82, 2.24) is 14.5 Å². The Kier molecular flexibility index (Phi) is 5.83. The van der Waals surface area contributed by atoms with Crippen LogP contribution in [-0.4, -0.2) is 14.5 Å². The van der Waals surface area contributed by atoms with Crippen LogP contribution in [0, 0.1) is 0 Å². The Balaban J connectivity index is 1.21. The second-order valence-corrected chi connectivity index (χ2v) is 14.0. The molecule has 11 aromatic rings. The highest BCUT2D eigenvalue weighted by atomic mass is 32.1. The summed E-state index contributed by atoms with van der Waals surface area (Å²) in [4.78, 5) is 10.1. The fraction of sp³-hybridized carbons (Fsp3) is 0. The first-order valence-electron chi connectivity index (χ1n) is 16.9.